The molecular weight excluding hydrogens is 792 g/mol. The second kappa shape index (κ2) is 19.0. The molecule has 1 unspecified atom stereocenters. The van der Waals surface area contributed by atoms with Crippen molar-refractivity contribution in [2.24, 2.45) is 0 Å². The lowest BCUT2D eigenvalue weighted by Gasteiger charge is -2.30. The smallest absolute Gasteiger partial charge is 0.410 e. The Morgan fingerprint density at radius 2 is 1.59 bits per heavy atom. The Morgan fingerprint density at radius 1 is 0.898 bits per heavy atom. The van der Waals surface area contributed by atoms with E-state index in [0.717, 1.165) is 10.4 Å². The Bertz CT molecular complexity index is 2360. The summed E-state index contributed by atoms with van der Waals surface area (Å²) in [7, 11) is 0. The standard InChI is InChI=1S/C45H43FN4O7S2/c1-5-56-43(54)37-34-23-24-50(44(55)57-45(2,3)4)27-36(34)59-42(37)49-41(53)38(29-13-8-6-9-14-29)58-33-18-12-17-32(26-33)47-40(52)35(25-28-19-21-31(46)22-20-28)48-39(51)30-15-10-7-11-16-30/h6-22,25-26,38H,5,23-24,27H2,1-4H3,(H,47,52)(H,48,51)(H,49,53)/b35-25+. The van der Waals surface area contributed by atoms with Crippen molar-refractivity contribution in [2.45, 2.75) is 56.4 Å². The maximum absolute atomic E-state index is 14.4. The molecule has 0 aliphatic carbocycles. The number of fused-ring (bicyclic) bond motifs is 1. The van der Waals surface area contributed by atoms with Gasteiger partial charge in [-0.1, -0.05) is 66.7 Å². The van der Waals surface area contributed by atoms with Gasteiger partial charge in [-0.2, -0.15) is 0 Å². The van der Waals surface area contributed by atoms with Crippen LogP contribution in [-0.4, -0.2) is 53.4 Å². The summed E-state index contributed by atoms with van der Waals surface area (Å²) in [4.78, 5) is 70.5. The number of ether oxygens (including phenoxy) is 2. The third-order valence-electron chi connectivity index (χ3n) is 8.82. The van der Waals surface area contributed by atoms with Crippen molar-refractivity contribution < 1.29 is 37.8 Å². The first-order valence-corrected chi connectivity index (χ1v) is 20.5. The predicted octanol–water partition coefficient (Wildman–Crippen LogP) is 9.24. The van der Waals surface area contributed by atoms with Crippen LogP contribution in [0.5, 0.6) is 0 Å². The van der Waals surface area contributed by atoms with E-state index in [1.54, 1.807) is 87.2 Å². The fourth-order valence-electron chi connectivity index (χ4n) is 6.12. The van der Waals surface area contributed by atoms with E-state index in [4.69, 9.17) is 9.47 Å². The molecule has 3 N–H and O–H groups in total. The molecule has 1 aliphatic heterocycles. The number of rotatable bonds is 12. The second-order valence-electron chi connectivity index (χ2n) is 14.4. The molecule has 0 saturated heterocycles. The molecule has 11 nitrogen and oxygen atoms in total. The summed E-state index contributed by atoms with van der Waals surface area (Å²) in [6.45, 7) is 7.78. The average Bonchev–Trinajstić information content (AvgIpc) is 3.57. The predicted molar refractivity (Wildman–Crippen MR) is 228 cm³/mol. The van der Waals surface area contributed by atoms with Crippen LogP contribution in [0.15, 0.2) is 120 Å². The normalized spacial score (nSPS) is 13.1. The van der Waals surface area contributed by atoms with Gasteiger partial charge in [0.25, 0.3) is 11.8 Å². The van der Waals surface area contributed by atoms with Gasteiger partial charge in [-0.25, -0.2) is 14.0 Å². The molecule has 0 fully saturated rings. The fraction of sp³-hybridized carbons (Fsp3) is 0.222. The minimum Gasteiger partial charge on any atom is -0.462 e. The van der Waals surface area contributed by atoms with Crippen molar-refractivity contribution in [1.29, 1.82) is 0 Å². The molecule has 2 heterocycles. The number of nitrogens with zero attached hydrogens (tertiary/aromatic N) is 1. The van der Waals surface area contributed by atoms with Gasteiger partial charge in [0.15, 0.2) is 0 Å². The summed E-state index contributed by atoms with van der Waals surface area (Å²) in [5, 5.41) is 8.04. The van der Waals surface area contributed by atoms with Crippen molar-refractivity contribution in [3.8, 4) is 0 Å². The third kappa shape index (κ3) is 11.2. The number of anilines is 2. The number of amides is 4. The van der Waals surface area contributed by atoms with Gasteiger partial charge in [-0.05, 0) is 99.3 Å². The lowest BCUT2D eigenvalue weighted by Crippen LogP contribution is -2.39. The summed E-state index contributed by atoms with van der Waals surface area (Å²) in [6, 6.07) is 30.0. The quantitative estimate of drug-likeness (QED) is 0.0642. The molecule has 0 spiro atoms. The topological polar surface area (TPSA) is 143 Å². The van der Waals surface area contributed by atoms with Crippen molar-refractivity contribution in [3.63, 3.8) is 0 Å². The van der Waals surface area contributed by atoms with Crippen LogP contribution in [-0.2, 0) is 32.0 Å². The number of carbonyl (C=O) groups excluding carboxylic acids is 5. The van der Waals surface area contributed by atoms with Crippen molar-refractivity contribution in [2.75, 3.05) is 23.8 Å². The van der Waals surface area contributed by atoms with Crippen LogP contribution in [0.4, 0.5) is 19.9 Å². The summed E-state index contributed by atoms with van der Waals surface area (Å²) in [5.74, 6) is -2.55. The maximum atomic E-state index is 14.4. The van der Waals surface area contributed by atoms with E-state index in [9.17, 15) is 28.4 Å². The number of benzene rings is 4. The van der Waals surface area contributed by atoms with Crippen LogP contribution in [0, 0.1) is 5.82 Å². The first kappa shape index (κ1) is 42.4. The number of hydrogen-bond acceptors (Lipinski definition) is 9. The first-order valence-electron chi connectivity index (χ1n) is 18.8. The lowest BCUT2D eigenvalue weighted by atomic mass is 10.0. The summed E-state index contributed by atoms with van der Waals surface area (Å²) in [6.07, 6.45) is 1.36. The van der Waals surface area contributed by atoms with E-state index in [1.165, 1.54) is 53.4 Å². The average molecular weight is 835 g/mol. The van der Waals surface area contributed by atoms with Crippen molar-refractivity contribution in [3.05, 3.63) is 153 Å². The molecule has 304 valence electrons. The first-order chi connectivity index (χ1) is 28.3. The van der Waals surface area contributed by atoms with E-state index >= 15 is 0 Å². The van der Waals surface area contributed by atoms with E-state index in [0.29, 0.717) is 45.2 Å². The maximum Gasteiger partial charge on any atom is 0.410 e. The Kier molecular flexibility index (Phi) is 13.6. The fourth-order valence-corrected chi connectivity index (χ4v) is 8.46. The minimum atomic E-state index is -0.811. The highest BCUT2D eigenvalue weighted by molar-refractivity contribution is 8.00. The minimum absolute atomic E-state index is 0.0738. The van der Waals surface area contributed by atoms with E-state index in [-0.39, 0.29) is 24.4 Å². The van der Waals surface area contributed by atoms with Crippen molar-refractivity contribution >= 4 is 69.6 Å². The zero-order valence-corrected chi connectivity index (χ0v) is 34.5. The molecule has 6 rings (SSSR count). The lowest BCUT2D eigenvalue weighted by molar-refractivity contribution is -0.116. The number of halogens is 1. The molecule has 1 atom stereocenters. The van der Waals surface area contributed by atoms with E-state index < -0.39 is 46.5 Å². The summed E-state index contributed by atoms with van der Waals surface area (Å²) < 4.78 is 24.7. The molecular formula is C45H43FN4O7S2. The van der Waals surface area contributed by atoms with Gasteiger partial charge in [0, 0.05) is 27.6 Å². The van der Waals surface area contributed by atoms with Gasteiger partial charge in [0.05, 0.1) is 18.7 Å². The Morgan fingerprint density at radius 3 is 2.27 bits per heavy atom. The van der Waals surface area contributed by atoms with Gasteiger partial charge in [0.1, 0.15) is 27.4 Å². The summed E-state index contributed by atoms with van der Waals surface area (Å²) >= 11 is 2.46. The van der Waals surface area contributed by atoms with Gasteiger partial charge < -0.3 is 30.3 Å². The highest BCUT2D eigenvalue weighted by Crippen LogP contribution is 2.41. The summed E-state index contributed by atoms with van der Waals surface area (Å²) in [5.41, 5.74) is 2.15. The molecule has 14 heteroatoms. The van der Waals surface area contributed by atoms with Gasteiger partial charge in [0.2, 0.25) is 5.91 Å². The number of hydrogen-bond donors (Lipinski definition) is 3. The Hall–Kier alpha value is -6.25. The number of nitrogens with one attached hydrogen (secondary N) is 3. The molecule has 4 amide bonds. The molecule has 1 aromatic heterocycles. The third-order valence-corrected chi connectivity index (χ3v) is 11.2. The largest absolute Gasteiger partial charge is 0.462 e. The second-order valence-corrected chi connectivity index (χ2v) is 16.7. The molecule has 0 saturated carbocycles. The van der Waals surface area contributed by atoms with E-state index in [2.05, 4.69) is 16.0 Å². The van der Waals surface area contributed by atoms with Crippen molar-refractivity contribution in [1.82, 2.24) is 10.2 Å². The number of esters is 1. The van der Waals surface area contributed by atoms with Gasteiger partial charge >= 0.3 is 12.1 Å². The Balaban J connectivity index is 1.25. The number of thiophene rings is 1. The molecule has 5 aromatic rings. The molecule has 0 radical (unpaired) electrons. The zero-order valence-electron chi connectivity index (χ0n) is 32.9. The van der Waals surface area contributed by atoms with Crippen LogP contribution < -0.4 is 16.0 Å². The number of carbonyl (C=O) groups is 5. The van der Waals surface area contributed by atoms with Crippen LogP contribution in [0.2, 0.25) is 0 Å². The molecule has 4 aromatic carbocycles. The molecule has 1 aliphatic rings. The molecule has 0 bridgehead atoms. The zero-order chi connectivity index (χ0) is 42.1. The van der Waals surface area contributed by atoms with Crippen LogP contribution in [0.3, 0.4) is 0 Å². The monoisotopic (exact) mass is 834 g/mol. The van der Waals surface area contributed by atoms with Crippen LogP contribution in [0.25, 0.3) is 6.08 Å². The number of thioether (sulfide) groups is 1. The SMILES string of the molecule is CCOC(=O)c1c(NC(=O)C(Sc2cccc(NC(=O)/C(=C\c3ccc(F)cc3)NC(=O)c3ccccc3)c2)c2ccccc2)sc2c1CCN(C(=O)OC(C)(C)C)C2. The van der Waals surface area contributed by atoms with E-state index in [1.807, 2.05) is 30.3 Å². The Labute approximate surface area is 350 Å². The van der Waals surface area contributed by atoms with Crippen LogP contribution in [0.1, 0.15) is 75.2 Å². The highest BCUT2D eigenvalue weighted by atomic mass is 32.2. The highest BCUT2D eigenvalue weighted by Gasteiger charge is 2.34. The van der Waals surface area contributed by atoms with Gasteiger partial charge in [-0.15, -0.1) is 23.1 Å². The van der Waals surface area contributed by atoms with Crippen LogP contribution >= 0.6 is 23.1 Å². The molecule has 59 heavy (non-hydrogen) atoms. The van der Waals surface area contributed by atoms with Gasteiger partial charge in [-0.3, -0.25) is 14.4 Å².